The van der Waals surface area contributed by atoms with Crippen molar-refractivity contribution in [3.05, 3.63) is 17.7 Å². The van der Waals surface area contributed by atoms with Crippen LogP contribution in [0.2, 0.25) is 0 Å². The molecule has 3 rings (SSSR count). The Morgan fingerprint density at radius 3 is 3.35 bits per heavy atom. The maximum absolute atomic E-state index is 5.43. The summed E-state index contributed by atoms with van der Waals surface area (Å²) in [6.07, 6.45) is 3.98. The zero-order valence-corrected chi connectivity index (χ0v) is 10.3. The largest absolute Gasteiger partial charge is 0.380 e. The molecule has 2 atom stereocenters. The van der Waals surface area contributed by atoms with Crippen molar-refractivity contribution in [1.29, 1.82) is 0 Å². The van der Waals surface area contributed by atoms with E-state index in [9.17, 15) is 0 Å². The van der Waals surface area contributed by atoms with Crippen LogP contribution in [0.4, 0.5) is 0 Å². The molecule has 3 heterocycles. The number of H-pyrrole nitrogens is 1. The first-order valence-electron chi connectivity index (χ1n) is 6.35. The molecular formula is C12H20N4O. The molecule has 0 bridgehead atoms. The Bertz CT molecular complexity index is 372. The van der Waals surface area contributed by atoms with Gasteiger partial charge < -0.3 is 15.0 Å². The second-order valence-corrected chi connectivity index (χ2v) is 5.07. The number of aromatic nitrogens is 2. The zero-order chi connectivity index (χ0) is 11.7. The molecule has 94 valence electrons. The number of hydrogen-bond donors (Lipinski definition) is 2. The van der Waals surface area contributed by atoms with Crippen molar-refractivity contribution in [1.82, 2.24) is 20.2 Å². The Hall–Kier alpha value is -0.910. The molecule has 0 aliphatic carbocycles. The number of aromatic amines is 1. The second-order valence-electron chi connectivity index (χ2n) is 5.07. The van der Waals surface area contributed by atoms with Gasteiger partial charge in [-0.05, 0) is 13.5 Å². The standard InChI is InChI=1S/C12H20N4O/c1-16(10-2-3-17-7-10)6-9-4-11-12(5-13-9)15-8-14-11/h8-10,13H,2-7H2,1H3,(H,14,15). The van der Waals surface area contributed by atoms with Crippen LogP contribution in [-0.2, 0) is 17.7 Å². The van der Waals surface area contributed by atoms with Gasteiger partial charge in [-0.1, -0.05) is 0 Å². The molecule has 0 aromatic carbocycles. The van der Waals surface area contributed by atoms with Gasteiger partial charge in [0.1, 0.15) is 0 Å². The fraction of sp³-hybridized carbons (Fsp3) is 0.750. The smallest absolute Gasteiger partial charge is 0.0925 e. The van der Waals surface area contributed by atoms with E-state index in [1.54, 1.807) is 6.33 Å². The molecule has 1 fully saturated rings. The Kier molecular flexibility index (Phi) is 3.13. The summed E-state index contributed by atoms with van der Waals surface area (Å²) in [6.45, 7) is 3.78. The van der Waals surface area contributed by atoms with Crippen LogP contribution >= 0.6 is 0 Å². The van der Waals surface area contributed by atoms with Crippen LogP contribution in [0, 0.1) is 0 Å². The van der Waals surface area contributed by atoms with Crippen LogP contribution in [0.25, 0.3) is 0 Å². The van der Waals surface area contributed by atoms with Crippen LogP contribution in [0.1, 0.15) is 17.8 Å². The number of rotatable bonds is 3. The Balaban J connectivity index is 1.56. The molecule has 1 aromatic heterocycles. The first-order valence-corrected chi connectivity index (χ1v) is 6.35. The molecule has 0 amide bonds. The summed E-state index contributed by atoms with van der Waals surface area (Å²) in [4.78, 5) is 9.97. The SMILES string of the molecule is CN(CC1Cc2nc[nH]c2CN1)C1CCOC1. The van der Waals surface area contributed by atoms with Crippen molar-refractivity contribution in [2.75, 3.05) is 26.8 Å². The predicted molar refractivity (Wildman–Crippen MR) is 64.8 cm³/mol. The molecule has 2 aliphatic rings. The van der Waals surface area contributed by atoms with Gasteiger partial charge in [-0.2, -0.15) is 0 Å². The average molecular weight is 236 g/mol. The molecular weight excluding hydrogens is 216 g/mol. The lowest BCUT2D eigenvalue weighted by atomic mass is 10.0. The summed E-state index contributed by atoms with van der Waals surface area (Å²) in [6, 6.07) is 1.11. The van der Waals surface area contributed by atoms with Crippen LogP contribution < -0.4 is 5.32 Å². The van der Waals surface area contributed by atoms with Gasteiger partial charge in [-0.3, -0.25) is 4.90 Å². The van der Waals surface area contributed by atoms with Gasteiger partial charge in [0, 0.05) is 38.2 Å². The van der Waals surface area contributed by atoms with Crippen LogP contribution in [-0.4, -0.2) is 53.8 Å². The summed E-state index contributed by atoms with van der Waals surface area (Å²) in [5.41, 5.74) is 2.47. The van der Waals surface area contributed by atoms with Gasteiger partial charge >= 0.3 is 0 Å². The number of fused-ring (bicyclic) bond motifs is 1. The monoisotopic (exact) mass is 236 g/mol. The minimum Gasteiger partial charge on any atom is -0.380 e. The second kappa shape index (κ2) is 4.76. The number of nitrogens with zero attached hydrogens (tertiary/aromatic N) is 2. The summed E-state index contributed by atoms with van der Waals surface area (Å²) < 4.78 is 5.43. The van der Waals surface area contributed by atoms with Crippen molar-refractivity contribution in [3.8, 4) is 0 Å². The highest BCUT2D eigenvalue weighted by atomic mass is 16.5. The van der Waals surface area contributed by atoms with E-state index in [2.05, 4.69) is 27.2 Å². The highest BCUT2D eigenvalue weighted by molar-refractivity contribution is 5.16. The minimum absolute atomic E-state index is 0.511. The molecule has 1 aromatic rings. The van der Waals surface area contributed by atoms with Gasteiger partial charge in [0.05, 0.1) is 24.3 Å². The lowest BCUT2D eigenvalue weighted by Crippen LogP contribution is -2.46. The Labute approximate surface area is 102 Å². The Morgan fingerprint density at radius 2 is 2.53 bits per heavy atom. The van der Waals surface area contributed by atoms with Crippen LogP contribution in [0.15, 0.2) is 6.33 Å². The molecule has 5 nitrogen and oxygen atoms in total. The normalized spacial score (nSPS) is 28.6. The highest BCUT2D eigenvalue weighted by Crippen LogP contribution is 2.15. The van der Waals surface area contributed by atoms with Gasteiger partial charge in [0.25, 0.3) is 0 Å². The van der Waals surface area contributed by atoms with Crippen molar-refractivity contribution >= 4 is 0 Å². The number of ether oxygens (including phenoxy) is 1. The van der Waals surface area contributed by atoms with Crippen molar-refractivity contribution in [3.63, 3.8) is 0 Å². The minimum atomic E-state index is 0.511. The highest BCUT2D eigenvalue weighted by Gasteiger charge is 2.25. The number of hydrogen-bond acceptors (Lipinski definition) is 4. The van der Waals surface area contributed by atoms with Crippen LogP contribution in [0.3, 0.4) is 0 Å². The van der Waals surface area contributed by atoms with E-state index in [1.807, 2.05) is 0 Å². The van der Waals surface area contributed by atoms with Crippen molar-refractivity contribution in [2.24, 2.45) is 0 Å². The number of likely N-dealkylation sites (N-methyl/N-ethyl adjacent to an activating group) is 1. The fourth-order valence-corrected chi connectivity index (χ4v) is 2.73. The lowest BCUT2D eigenvalue weighted by molar-refractivity contribution is 0.151. The quantitative estimate of drug-likeness (QED) is 0.784. The van der Waals surface area contributed by atoms with Crippen LogP contribution in [0.5, 0.6) is 0 Å². The number of imidazole rings is 1. The van der Waals surface area contributed by atoms with Crippen molar-refractivity contribution < 1.29 is 4.74 Å². The predicted octanol–water partition coefficient (Wildman–Crippen LogP) is 0.145. The van der Waals surface area contributed by atoms with Gasteiger partial charge in [0.2, 0.25) is 0 Å². The maximum atomic E-state index is 5.43. The molecule has 2 aliphatic heterocycles. The lowest BCUT2D eigenvalue weighted by Gasteiger charge is -2.30. The molecule has 2 unspecified atom stereocenters. The molecule has 1 saturated heterocycles. The third-order valence-electron chi connectivity index (χ3n) is 3.85. The topological polar surface area (TPSA) is 53.2 Å². The molecule has 5 heteroatoms. The van der Waals surface area contributed by atoms with E-state index in [4.69, 9.17) is 4.74 Å². The average Bonchev–Trinajstić information content (AvgIpc) is 2.99. The molecule has 0 spiro atoms. The first-order chi connectivity index (χ1) is 8.33. The van der Waals surface area contributed by atoms with E-state index >= 15 is 0 Å². The van der Waals surface area contributed by atoms with E-state index in [-0.39, 0.29) is 0 Å². The molecule has 0 saturated carbocycles. The van der Waals surface area contributed by atoms with E-state index in [0.717, 1.165) is 39.1 Å². The van der Waals surface area contributed by atoms with E-state index in [1.165, 1.54) is 11.4 Å². The Morgan fingerprint density at radius 1 is 1.59 bits per heavy atom. The zero-order valence-electron chi connectivity index (χ0n) is 10.3. The van der Waals surface area contributed by atoms with Gasteiger partial charge in [0.15, 0.2) is 0 Å². The third kappa shape index (κ3) is 2.36. The maximum Gasteiger partial charge on any atom is 0.0925 e. The van der Waals surface area contributed by atoms with E-state index < -0.39 is 0 Å². The molecule has 0 radical (unpaired) electrons. The van der Waals surface area contributed by atoms with E-state index in [0.29, 0.717) is 12.1 Å². The molecule has 2 N–H and O–H groups in total. The fourth-order valence-electron chi connectivity index (χ4n) is 2.73. The van der Waals surface area contributed by atoms with Gasteiger partial charge in [-0.15, -0.1) is 0 Å². The van der Waals surface area contributed by atoms with Gasteiger partial charge in [-0.25, -0.2) is 4.98 Å². The first kappa shape index (κ1) is 11.2. The third-order valence-corrected chi connectivity index (χ3v) is 3.85. The summed E-state index contributed by atoms with van der Waals surface area (Å²) in [5.74, 6) is 0. The summed E-state index contributed by atoms with van der Waals surface area (Å²) in [7, 11) is 2.20. The molecule has 17 heavy (non-hydrogen) atoms. The summed E-state index contributed by atoms with van der Waals surface area (Å²) >= 11 is 0. The summed E-state index contributed by atoms with van der Waals surface area (Å²) in [5, 5.41) is 3.56. The van der Waals surface area contributed by atoms with Crippen molar-refractivity contribution in [2.45, 2.75) is 31.5 Å². The number of nitrogens with one attached hydrogen (secondary N) is 2.